The van der Waals surface area contributed by atoms with Crippen LogP contribution in [0.5, 0.6) is 17.8 Å². The van der Waals surface area contributed by atoms with Crippen molar-refractivity contribution in [1.29, 1.82) is 0 Å². The Morgan fingerprint density at radius 3 is 2.81 bits per heavy atom. The van der Waals surface area contributed by atoms with Gasteiger partial charge in [0.1, 0.15) is 5.75 Å². The van der Waals surface area contributed by atoms with Crippen LogP contribution in [0.25, 0.3) is 0 Å². The first-order chi connectivity index (χ1) is 10.1. The van der Waals surface area contributed by atoms with Crippen LogP contribution in [0, 0.1) is 0 Å². The summed E-state index contributed by atoms with van der Waals surface area (Å²) in [6.07, 6.45) is 1.13. The SMILES string of the molecule is COc1nc(N)nc(Oc2ccc3c(c2)CCC(=O)N3)n1. The van der Waals surface area contributed by atoms with E-state index in [1.807, 2.05) is 6.07 Å². The molecule has 0 spiro atoms. The van der Waals surface area contributed by atoms with Gasteiger partial charge in [-0.3, -0.25) is 4.79 Å². The Hall–Kier alpha value is -2.90. The zero-order valence-electron chi connectivity index (χ0n) is 11.3. The van der Waals surface area contributed by atoms with E-state index < -0.39 is 0 Å². The lowest BCUT2D eigenvalue weighted by Crippen LogP contribution is -2.18. The van der Waals surface area contributed by atoms with E-state index in [0.29, 0.717) is 18.6 Å². The summed E-state index contributed by atoms with van der Waals surface area (Å²) >= 11 is 0. The topological polar surface area (TPSA) is 112 Å². The van der Waals surface area contributed by atoms with Crippen molar-refractivity contribution in [2.24, 2.45) is 0 Å². The number of aryl methyl sites for hydroxylation is 1. The minimum Gasteiger partial charge on any atom is -0.467 e. The number of carbonyl (C=O) groups excluding carboxylic acids is 1. The highest BCUT2D eigenvalue weighted by molar-refractivity contribution is 5.94. The first kappa shape index (κ1) is 13.1. The average Bonchev–Trinajstić information content (AvgIpc) is 2.47. The molecule has 1 aliphatic rings. The van der Waals surface area contributed by atoms with Crippen LogP contribution in [-0.2, 0) is 11.2 Å². The van der Waals surface area contributed by atoms with Gasteiger partial charge in [0.25, 0.3) is 0 Å². The molecule has 0 unspecified atom stereocenters. The second-order valence-electron chi connectivity index (χ2n) is 4.43. The second kappa shape index (κ2) is 5.23. The molecule has 3 N–H and O–H groups in total. The lowest BCUT2D eigenvalue weighted by Gasteiger charge is -2.17. The number of amides is 1. The molecule has 8 nitrogen and oxygen atoms in total. The Morgan fingerprint density at radius 2 is 2.00 bits per heavy atom. The molecule has 0 radical (unpaired) electrons. The lowest BCUT2D eigenvalue weighted by atomic mass is 10.0. The zero-order valence-corrected chi connectivity index (χ0v) is 11.3. The van der Waals surface area contributed by atoms with Gasteiger partial charge in [0.05, 0.1) is 7.11 Å². The lowest BCUT2D eigenvalue weighted by molar-refractivity contribution is -0.116. The number of rotatable bonds is 3. The van der Waals surface area contributed by atoms with Gasteiger partial charge in [0.2, 0.25) is 11.9 Å². The number of nitrogens with one attached hydrogen (secondary N) is 1. The number of fused-ring (bicyclic) bond motifs is 1. The van der Waals surface area contributed by atoms with Crippen molar-refractivity contribution in [3.8, 4) is 17.8 Å². The molecule has 0 bridgehead atoms. The third-order valence-corrected chi connectivity index (χ3v) is 2.98. The monoisotopic (exact) mass is 287 g/mol. The summed E-state index contributed by atoms with van der Waals surface area (Å²) in [4.78, 5) is 22.9. The van der Waals surface area contributed by atoms with Crippen molar-refractivity contribution < 1.29 is 14.3 Å². The highest BCUT2D eigenvalue weighted by Gasteiger charge is 2.16. The molecule has 1 aromatic carbocycles. The standard InChI is InChI=1S/C13H13N5O3/c1-20-12-16-11(14)17-13(18-12)21-8-3-4-9-7(6-8)2-5-10(19)15-9/h3-4,6H,2,5H2,1H3,(H,15,19)(H2,14,16,17,18). The van der Waals surface area contributed by atoms with Crippen LogP contribution in [0.4, 0.5) is 11.6 Å². The summed E-state index contributed by atoms with van der Waals surface area (Å²) in [6, 6.07) is 5.48. The summed E-state index contributed by atoms with van der Waals surface area (Å²) in [7, 11) is 1.43. The highest BCUT2D eigenvalue weighted by Crippen LogP contribution is 2.28. The van der Waals surface area contributed by atoms with Crippen LogP contribution in [0.2, 0.25) is 0 Å². The fourth-order valence-corrected chi connectivity index (χ4v) is 2.02. The number of nitrogen functional groups attached to an aromatic ring is 1. The van der Waals surface area contributed by atoms with Crippen LogP contribution in [0.15, 0.2) is 18.2 Å². The maximum Gasteiger partial charge on any atom is 0.330 e. The molecule has 0 atom stereocenters. The van der Waals surface area contributed by atoms with E-state index in [-0.39, 0.29) is 23.9 Å². The summed E-state index contributed by atoms with van der Waals surface area (Å²) in [5, 5.41) is 2.80. The van der Waals surface area contributed by atoms with Crippen LogP contribution in [-0.4, -0.2) is 28.0 Å². The van der Waals surface area contributed by atoms with Crippen molar-refractivity contribution >= 4 is 17.5 Å². The number of methoxy groups -OCH3 is 1. The van der Waals surface area contributed by atoms with Crippen molar-refractivity contribution in [2.45, 2.75) is 12.8 Å². The van der Waals surface area contributed by atoms with Crippen LogP contribution >= 0.6 is 0 Å². The van der Waals surface area contributed by atoms with E-state index in [9.17, 15) is 4.79 Å². The normalized spacial score (nSPS) is 13.3. The Bertz CT molecular complexity index is 704. The average molecular weight is 287 g/mol. The Morgan fingerprint density at radius 1 is 1.19 bits per heavy atom. The Kier molecular flexibility index (Phi) is 3.27. The molecule has 1 aliphatic heterocycles. The number of ether oxygens (including phenoxy) is 2. The molecular formula is C13H13N5O3. The van der Waals surface area contributed by atoms with Crippen LogP contribution in [0.3, 0.4) is 0 Å². The van der Waals surface area contributed by atoms with Gasteiger partial charge in [0, 0.05) is 12.1 Å². The molecule has 2 heterocycles. The molecule has 0 aliphatic carbocycles. The predicted octanol–water partition coefficient (Wildman–Crippen LogP) is 1.14. The van der Waals surface area contributed by atoms with Gasteiger partial charge in [-0.05, 0) is 30.2 Å². The van der Waals surface area contributed by atoms with Gasteiger partial charge in [-0.25, -0.2) is 0 Å². The van der Waals surface area contributed by atoms with Gasteiger partial charge in [-0.15, -0.1) is 4.98 Å². The van der Waals surface area contributed by atoms with E-state index in [1.54, 1.807) is 12.1 Å². The second-order valence-corrected chi connectivity index (χ2v) is 4.43. The van der Waals surface area contributed by atoms with Crippen molar-refractivity contribution in [3.63, 3.8) is 0 Å². The number of aromatic nitrogens is 3. The van der Waals surface area contributed by atoms with Crippen LogP contribution in [0.1, 0.15) is 12.0 Å². The largest absolute Gasteiger partial charge is 0.467 e. The number of nitrogens with two attached hydrogens (primary N) is 1. The van der Waals surface area contributed by atoms with Gasteiger partial charge in [0.15, 0.2) is 0 Å². The van der Waals surface area contributed by atoms with Crippen molar-refractivity contribution in [2.75, 3.05) is 18.2 Å². The summed E-state index contributed by atoms with van der Waals surface area (Å²) in [6.45, 7) is 0. The van der Waals surface area contributed by atoms with E-state index in [2.05, 4.69) is 20.3 Å². The molecule has 1 aromatic heterocycles. The van der Waals surface area contributed by atoms with Gasteiger partial charge >= 0.3 is 12.0 Å². The van der Waals surface area contributed by atoms with Crippen LogP contribution < -0.4 is 20.5 Å². The number of benzene rings is 1. The van der Waals surface area contributed by atoms with E-state index in [1.165, 1.54) is 7.11 Å². The molecule has 0 fully saturated rings. The molecule has 1 amide bonds. The third kappa shape index (κ3) is 2.83. The minimum absolute atomic E-state index is 0.0158. The van der Waals surface area contributed by atoms with Crippen molar-refractivity contribution in [1.82, 2.24) is 15.0 Å². The fourth-order valence-electron chi connectivity index (χ4n) is 2.02. The first-order valence-electron chi connectivity index (χ1n) is 6.30. The maximum atomic E-state index is 11.3. The number of anilines is 2. The molecule has 21 heavy (non-hydrogen) atoms. The molecule has 0 saturated heterocycles. The smallest absolute Gasteiger partial charge is 0.330 e. The number of carbonyl (C=O) groups is 1. The van der Waals surface area contributed by atoms with E-state index in [0.717, 1.165) is 11.3 Å². The van der Waals surface area contributed by atoms with E-state index >= 15 is 0 Å². The maximum absolute atomic E-state index is 11.3. The predicted molar refractivity (Wildman–Crippen MR) is 74.3 cm³/mol. The summed E-state index contributed by atoms with van der Waals surface area (Å²) in [5.74, 6) is 0.589. The molecule has 3 rings (SSSR count). The molecule has 2 aromatic rings. The Balaban J connectivity index is 1.85. The quantitative estimate of drug-likeness (QED) is 0.870. The summed E-state index contributed by atoms with van der Waals surface area (Å²) in [5.41, 5.74) is 7.34. The van der Waals surface area contributed by atoms with E-state index in [4.69, 9.17) is 15.2 Å². The van der Waals surface area contributed by atoms with Gasteiger partial charge < -0.3 is 20.5 Å². The van der Waals surface area contributed by atoms with Crippen molar-refractivity contribution in [3.05, 3.63) is 23.8 Å². The molecular weight excluding hydrogens is 274 g/mol. The Labute approximate surface area is 120 Å². The molecule has 8 heteroatoms. The number of hydrogen-bond acceptors (Lipinski definition) is 7. The van der Waals surface area contributed by atoms with Gasteiger partial charge in [-0.2, -0.15) is 9.97 Å². The molecule has 0 saturated carbocycles. The number of hydrogen-bond donors (Lipinski definition) is 2. The summed E-state index contributed by atoms with van der Waals surface area (Å²) < 4.78 is 10.5. The zero-order chi connectivity index (χ0) is 14.8. The first-order valence-corrected chi connectivity index (χ1v) is 6.30. The highest BCUT2D eigenvalue weighted by atomic mass is 16.5. The third-order valence-electron chi connectivity index (χ3n) is 2.98. The minimum atomic E-state index is 0.0158. The fraction of sp³-hybridized carbons (Fsp3) is 0.231. The molecule has 108 valence electrons. The number of nitrogens with zero attached hydrogens (tertiary/aromatic N) is 3. The van der Waals surface area contributed by atoms with Gasteiger partial charge in [-0.1, -0.05) is 0 Å².